The zero-order chi connectivity index (χ0) is 13.2. The second kappa shape index (κ2) is 5.82. The van der Waals surface area contributed by atoms with Gasteiger partial charge in [0.15, 0.2) is 0 Å². The molecular formula is C16H28N2O. The van der Waals surface area contributed by atoms with Crippen LogP contribution in [0.5, 0.6) is 0 Å². The summed E-state index contributed by atoms with van der Waals surface area (Å²) < 4.78 is 0. The van der Waals surface area contributed by atoms with Gasteiger partial charge in [0.1, 0.15) is 0 Å². The highest BCUT2D eigenvalue weighted by Gasteiger charge is 2.36. The Morgan fingerprint density at radius 2 is 1.47 bits per heavy atom. The van der Waals surface area contributed by atoms with Gasteiger partial charge in [-0.2, -0.15) is 0 Å². The first-order valence-corrected chi connectivity index (χ1v) is 8.28. The highest BCUT2D eigenvalue weighted by atomic mass is 16.2. The number of hydrogen-bond acceptors (Lipinski definition) is 2. The van der Waals surface area contributed by atoms with Crippen LogP contribution in [0, 0.1) is 17.8 Å². The van der Waals surface area contributed by atoms with Crippen molar-refractivity contribution in [1.29, 1.82) is 0 Å². The first-order chi connectivity index (χ1) is 9.24. The predicted molar refractivity (Wildman–Crippen MR) is 76.6 cm³/mol. The molecule has 3 saturated carbocycles. The van der Waals surface area contributed by atoms with Crippen LogP contribution in [0.2, 0.25) is 0 Å². The van der Waals surface area contributed by atoms with Gasteiger partial charge in [-0.1, -0.05) is 19.3 Å². The maximum absolute atomic E-state index is 12.8. The molecule has 0 aromatic heterocycles. The Hall–Kier alpha value is -0.570. The first kappa shape index (κ1) is 13.4. The molecule has 3 nitrogen and oxygen atoms in total. The molecule has 0 bridgehead atoms. The highest BCUT2D eigenvalue weighted by molar-refractivity contribution is 5.79. The smallest absolute Gasteiger partial charge is 0.227 e. The predicted octanol–water partition coefficient (Wildman–Crippen LogP) is 2.54. The molecule has 0 aromatic rings. The lowest BCUT2D eigenvalue weighted by Gasteiger charge is -2.29. The van der Waals surface area contributed by atoms with Crippen LogP contribution in [0.3, 0.4) is 0 Å². The highest BCUT2D eigenvalue weighted by Crippen LogP contribution is 2.35. The SMILES string of the molecule is N[C@@H]1CCCCC[C@@H]1C(=O)N(CC1CC1)CC1CC1. The van der Waals surface area contributed by atoms with Crippen molar-refractivity contribution in [1.82, 2.24) is 4.90 Å². The van der Waals surface area contributed by atoms with Crippen molar-refractivity contribution in [2.45, 2.75) is 63.8 Å². The average molecular weight is 264 g/mol. The first-order valence-electron chi connectivity index (χ1n) is 8.28. The van der Waals surface area contributed by atoms with Gasteiger partial charge < -0.3 is 10.6 Å². The van der Waals surface area contributed by atoms with Crippen molar-refractivity contribution in [3.8, 4) is 0 Å². The number of carbonyl (C=O) groups excluding carboxylic acids is 1. The van der Waals surface area contributed by atoms with E-state index in [-0.39, 0.29) is 12.0 Å². The summed E-state index contributed by atoms with van der Waals surface area (Å²) in [5.74, 6) is 2.09. The molecule has 0 aromatic carbocycles. The van der Waals surface area contributed by atoms with Crippen molar-refractivity contribution in [3.05, 3.63) is 0 Å². The molecule has 0 saturated heterocycles. The number of hydrogen-bond donors (Lipinski definition) is 1. The van der Waals surface area contributed by atoms with Crippen molar-refractivity contribution in [2.75, 3.05) is 13.1 Å². The molecule has 2 N–H and O–H groups in total. The van der Waals surface area contributed by atoms with Gasteiger partial charge in [0.2, 0.25) is 5.91 Å². The van der Waals surface area contributed by atoms with E-state index in [2.05, 4.69) is 4.90 Å². The molecule has 19 heavy (non-hydrogen) atoms. The van der Waals surface area contributed by atoms with E-state index in [1.54, 1.807) is 0 Å². The Morgan fingerprint density at radius 3 is 2.05 bits per heavy atom. The van der Waals surface area contributed by atoms with Crippen molar-refractivity contribution in [3.63, 3.8) is 0 Å². The summed E-state index contributed by atoms with van der Waals surface area (Å²) in [5.41, 5.74) is 6.26. The minimum atomic E-state index is 0.107. The molecule has 3 fully saturated rings. The Balaban J connectivity index is 1.62. The lowest BCUT2D eigenvalue weighted by Crippen LogP contribution is -2.45. The number of carbonyl (C=O) groups is 1. The third-order valence-corrected chi connectivity index (χ3v) is 5.05. The average Bonchev–Trinajstić information content (AvgIpc) is 3.25. The number of rotatable bonds is 5. The van der Waals surface area contributed by atoms with Gasteiger partial charge in [0, 0.05) is 19.1 Å². The lowest BCUT2D eigenvalue weighted by molar-refractivity contribution is -0.137. The summed E-state index contributed by atoms with van der Waals surface area (Å²) in [5, 5.41) is 0. The molecule has 3 aliphatic rings. The lowest BCUT2D eigenvalue weighted by atomic mass is 9.93. The molecule has 2 atom stereocenters. The summed E-state index contributed by atoms with van der Waals surface area (Å²) >= 11 is 0. The fourth-order valence-corrected chi connectivity index (χ4v) is 3.36. The zero-order valence-electron chi connectivity index (χ0n) is 12.0. The number of nitrogens with zero attached hydrogens (tertiary/aromatic N) is 1. The standard InChI is InChI=1S/C16H28N2O/c17-15-5-3-1-2-4-14(15)16(19)18(10-12-6-7-12)11-13-8-9-13/h12-15H,1-11,17H2/t14-,15+/m0/s1. The Morgan fingerprint density at radius 1 is 0.895 bits per heavy atom. The topological polar surface area (TPSA) is 46.3 Å². The molecule has 0 heterocycles. The molecule has 0 unspecified atom stereocenters. The fraction of sp³-hybridized carbons (Fsp3) is 0.938. The van der Waals surface area contributed by atoms with Gasteiger partial charge in [0.25, 0.3) is 0 Å². The normalized spacial score (nSPS) is 31.8. The van der Waals surface area contributed by atoms with Crippen LogP contribution in [0.15, 0.2) is 0 Å². The van der Waals surface area contributed by atoms with E-state index in [1.165, 1.54) is 44.9 Å². The maximum Gasteiger partial charge on any atom is 0.227 e. The van der Waals surface area contributed by atoms with E-state index >= 15 is 0 Å². The van der Waals surface area contributed by atoms with E-state index in [1.807, 2.05) is 0 Å². The van der Waals surface area contributed by atoms with E-state index in [4.69, 9.17) is 5.73 Å². The van der Waals surface area contributed by atoms with Gasteiger partial charge in [0.05, 0.1) is 5.92 Å². The van der Waals surface area contributed by atoms with Gasteiger partial charge in [-0.05, 0) is 50.4 Å². The van der Waals surface area contributed by atoms with Crippen LogP contribution < -0.4 is 5.73 Å². The second-order valence-electron chi connectivity index (χ2n) is 7.04. The Labute approximate surface area is 116 Å². The van der Waals surface area contributed by atoms with E-state index in [0.29, 0.717) is 5.91 Å². The molecular weight excluding hydrogens is 236 g/mol. The van der Waals surface area contributed by atoms with Gasteiger partial charge in [-0.25, -0.2) is 0 Å². The monoisotopic (exact) mass is 264 g/mol. The summed E-state index contributed by atoms with van der Waals surface area (Å²) in [4.78, 5) is 15.0. The van der Waals surface area contributed by atoms with E-state index < -0.39 is 0 Å². The molecule has 108 valence electrons. The maximum atomic E-state index is 12.8. The number of amides is 1. The zero-order valence-corrected chi connectivity index (χ0v) is 12.0. The van der Waals surface area contributed by atoms with Crippen LogP contribution in [0.4, 0.5) is 0 Å². The Bertz CT molecular complexity index is 309. The third kappa shape index (κ3) is 3.71. The molecule has 3 heteroatoms. The van der Waals surface area contributed by atoms with Crippen molar-refractivity contribution in [2.24, 2.45) is 23.5 Å². The minimum absolute atomic E-state index is 0.107. The fourth-order valence-electron chi connectivity index (χ4n) is 3.36. The minimum Gasteiger partial charge on any atom is -0.342 e. The molecule has 0 aliphatic heterocycles. The molecule has 0 radical (unpaired) electrons. The van der Waals surface area contributed by atoms with Crippen LogP contribution in [0.25, 0.3) is 0 Å². The third-order valence-electron chi connectivity index (χ3n) is 5.05. The summed E-state index contributed by atoms with van der Waals surface area (Å²) in [6.45, 7) is 2.02. The molecule has 1 amide bonds. The van der Waals surface area contributed by atoms with E-state index in [0.717, 1.165) is 37.8 Å². The molecule has 3 aliphatic carbocycles. The summed E-state index contributed by atoms with van der Waals surface area (Å²) in [7, 11) is 0. The van der Waals surface area contributed by atoms with Crippen LogP contribution in [-0.2, 0) is 4.79 Å². The molecule has 3 rings (SSSR count). The summed E-state index contributed by atoms with van der Waals surface area (Å²) in [6, 6.07) is 0.107. The van der Waals surface area contributed by atoms with Gasteiger partial charge >= 0.3 is 0 Å². The number of nitrogens with two attached hydrogens (primary N) is 1. The van der Waals surface area contributed by atoms with Gasteiger partial charge in [-0.15, -0.1) is 0 Å². The van der Waals surface area contributed by atoms with Crippen molar-refractivity contribution >= 4 is 5.91 Å². The Kier molecular flexibility index (Phi) is 4.11. The van der Waals surface area contributed by atoms with Gasteiger partial charge in [-0.3, -0.25) is 4.79 Å². The second-order valence-corrected chi connectivity index (χ2v) is 7.04. The van der Waals surface area contributed by atoms with E-state index in [9.17, 15) is 4.79 Å². The van der Waals surface area contributed by atoms with Crippen LogP contribution >= 0.6 is 0 Å². The van der Waals surface area contributed by atoms with Crippen molar-refractivity contribution < 1.29 is 4.79 Å². The molecule has 0 spiro atoms. The quantitative estimate of drug-likeness (QED) is 0.776. The summed E-state index contributed by atoms with van der Waals surface area (Å²) in [6.07, 6.45) is 11.0. The largest absolute Gasteiger partial charge is 0.342 e. The van der Waals surface area contributed by atoms with Crippen LogP contribution in [0.1, 0.15) is 57.8 Å². The van der Waals surface area contributed by atoms with Crippen LogP contribution in [-0.4, -0.2) is 29.9 Å².